The van der Waals surface area contributed by atoms with E-state index >= 15 is 0 Å². The predicted molar refractivity (Wildman–Crippen MR) is 108 cm³/mol. The van der Waals surface area contributed by atoms with Gasteiger partial charge in [-0.05, 0) is 56.0 Å². The molecule has 1 saturated heterocycles. The number of nitrogens with zero attached hydrogens (tertiary/aromatic N) is 3. The van der Waals surface area contributed by atoms with Gasteiger partial charge in [-0.2, -0.15) is 0 Å². The molecule has 4 aliphatic rings. The van der Waals surface area contributed by atoms with Crippen molar-refractivity contribution >= 4 is 33.4 Å². The number of fused-ring (bicyclic) bond motifs is 4. The molecule has 0 amide bonds. The van der Waals surface area contributed by atoms with Crippen LogP contribution in [0.15, 0.2) is 45.2 Å². The number of rotatable bonds is 1. The van der Waals surface area contributed by atoms with Gasteiger partial charge in [-0.15, -0.1) is 5.11 Å². The standard InChI is InChI=1S/C21H21BrFN3O4/c1-11-3-5-13-17(19(2)16(27)7-8-21(11,19)29)30-18(28)20(13)10-26(25-24-20)15-6-4-12(22)9-14(15)23/h4,6-9,11,13,17,29H,3,5,10H2,1-2H3/t11-,13?,17?,19-,20?,21+/m0/s1. The molecule has 1 aromatic rings. The second kappa shape index (κ2) is 6.20. The maximum Gasteiger partial charge on any atom is 0.338 e. The lowest BCUT2D eigenvalue weighted by atomic mass is 9.63. The van der Waals surface area contributed by atoms with Crippen molar-refractivity contribution < 1.29 is 23.8 Å². The number of benzene rings is 1. The van der Waals surface area contributed by atoms with Gasteiger partial charge in [0, 0.05) is 10.4 Å². The summed E-state index contributed by atoms with van der Waals surface area (Å²) in [6.07, 6.45) is 3.21. The van der Waals surface area contributed by atoms with E-state index in [9.17, 15) is 19.1 Å². The lowest BCUT2D eigenvalue weighted by Crippen LogP contribution is -2.57. The first-order chi connectivity index (χ1) is 14.1. The minimum absolute atomic E-state index is 0.0239. The minimum Gasteiger partial charge on any atom is -0.459 e. The Morgan fingerprint density at radius 3 is 2.83 bits per heavy atom. The van der Waals surface area contributed by atoms with Gasteiger partial charge in [-0.25, -0.2) is 14.2 Å². The van der Waals surface area contributed by atoms with Crippen LogP contribution in [0.25, 0.3) is 0 Å². The van der Waals surface area contributed by atoms with Crippen molar-refractivity contribution in [1.29, 1.82) is 0 Å². The molecule has 1 N–H and O–H groups in total. The van der Waals surface area contributed by atoms with Crippen molar-refractivity contribution in [2.45, 2.75) is 43.9 Å². The van der Waals surface area contributed by atoms with Crippen molar-refractivity contribution in [2.24, 2.45) is 27.6 Å². The molecule has 0 bridgehead atoms. The van der Waals surface area contributed by atoms with E-state index in [4.69, 9.17) is 4.74 Å². The number of allylic oxidation sites excluding steroid dienone is 1. The van der Waals surface area contributed by atoms with Gasteiger partial charge in [0.2, 0.25) is 5.54 Å². The SMILES string of the molecule is C[C@H]1CCC2C(OC(=O)C23CN(c2ccc(Br)cc2F)N=N3)[C@]2(C)C(=O)C=C[C@@]12O. The molecular formula is C21H21BrFN3O4. The monoisotopic (exact) mass is 477 g/mol. The highest BCUT2D eigenvalue weighted by Gasteiger charge is 2.72. The predicted octanol–water partition coefficient (Wildman–Crippen LogP) is 3.36. The van der Waals surface area contributed by atoms with E-state index in [0.29, 0.717) is 17.3 Å². The molecule has 2 fully saturated rings. The van der Waals surface area contributed by atoms with Crippen molar-refractivity contribution in [1.82, 2.24) is 0 Å². The molecular weight excluding hydrogens is 457 g/mol. The molecule has 30 heavy (non-hydrogen) atoms. The molecule has 158 valence electrons. The van der Waals surface area contributed by atoms with Crippen LogP contribution in [0.4, 0.5) is 10.1 Å². The van der Waals surface area contributed by atoms with Crippen LogP contribution in [0.5, 0.6) is 0 Å². The molecule has 7 nitrogen and oxygen atoms in total. The number of ketones is 1. The molecule has 0 radical (unpaired) electrons. The summed E-state index contributed by atoms with van der Waals surface area (Å²) in [5.74, 6) is -2.00. The molecule has 5 rings (SSSR count). The summed E-state index contributed by atoms with van der Waals surface area (Å²) in [5, 5.41) is 21.2. The topological polar surface area (TPSA) is 91.6 Å². The number of aliphatic hydroxyl groups is 1. The molecule has 0 aromatic heterocycles. The van der Waals surface area contributed by atoms with Crippen molar-refractivity contribution in [2.75, 3.05) is 11.6 Å². The second-order valence-corrected chi connectivity index (χ2v) is 9.82. The largest absolute Gasteiger partial charge is 0.459 e. The fraction of sp³-hybridized carbons (Fsp3) is 0.524. The molecule has 2 aliphatic heterocycles. The molecule has 9 heteroatoms. The Labute approximate surface area is 181 Å². The zero-order valence-electron chi connectivity index (χ0n) is 16.5. The van der Waals surface area contributed by atoms with Crippen LogP contribution >= 0.6 is 15.9 Å². The Kier molecular flexibility index (Phi) is 4.09. The zero-order chi connectivity index (χ0) is 21.5. The van der Waals surface area contributed by atoms with E-state index in [-0.39, 0.29) is 23.9 Å². The number of hydrogen-bond donors (Lipinski definition) is 1. The second-order valence-electron chi connectivity index (χ2n) is 8.90. The summed E-state index contributed by atoms with van der Waals surface area (Å²) in [6, 6.07) is 4.57. The van der Waals surface area contributed by atoms with E-state index in [1.54, 1.807) is 25.1 Å². The van der Waals surface area contributed by atoms with Crippen LogP contribution in [0.3, 0.4) is 0 Å². The Bertz CT molecular complexity index is 1030. The van der Waals surface area contributed by atoms with Gasteiger partial charge >= 0.3 is 5.97 Å². The Balaban J connectivity index is 1.54. The quantitative estimate of drug-likeness (QED) is 0.626. The van der Waals surface area contributed by atoms with Gasteiger partial charge in [-0.3, -0.25) is 4.79 Å². The summed E-state index contributed by atoms with van der Waals surface area (Å²) >= 11 is 3.23. The molecule has 1 spiro atoms. The number of hydrogen-bond acceptors (Lipinski definition) is 7. The summed E-state index contributed by atoms with van der Waals surface area (Å²) in [4.78, 5) is 26.0. The smallest absolute Gasteiger partial charge is 0.338 e. The lowest BCUT2D eigenvalue weighted by Gasteiger charge is -2.43. The summed E-state index contributed by atoms with van der Waals surface area (Å²) < 4.78 is 20.9. The summed E-state index contributed by atoms with van der Waals surface area (Å²) in [7, 11) is 0. The first-order valence-electron chi connectivity index (χ1n) is 9.96. The third kappa shape index (κ3) is 2.27. The van der Waals surface area contributed by atoms with Gasteiger partial charge in [0.15, 0.2) is 5.78 Å². The van der Waals surface area contributed by atoms with Crippen LogP contribution in [0, 0.1) is 23.1 Å². The number of anilines is 1. The fourth-order valence-corrected chi connectivity index (χ4v) is 5.93. The Hall–Kier alpha value is -2.13. The Morgan fingerprint density at radius 1 is 1.33 bits per heavy atom. The third-order valence-electron chi connectivity index (χ3n) is 7.54. The third-order valence-corrected chi connectivity index (χ3v) is 8.03. The Morgan fingerprint density at radius 2 is 2.10 bits per heavy atom. The first-order valence-corrected chi connectivity index (χ1v) is 10.8. The van der Waals surface area contributed by atoms with Gasteiger partial charge in [0.05, 0.1) is 17.6 Å². The van der Waals surface area contributed by atoms with E-state index in [1.165, 1.54) is 17.2 Å². The van der Waals surface area contributed by atoms with Gasteiger partial charge in [0.25, 0.3) is 0 Å². The summed E-state index contributed by atoms with van der Waals surface area (Å²) in [6.45, 7) is 3.59. The zero-order valence-corrected chi connectivity index (χ0v) is 18.1. The lowest BCUT2D eigenvalue weighted by molar-refractivity contribution is -0.166. The van der Waals surface area contributed by atoms with Crippen LogP contribution in [0.2, 0.25) is 0 Å². The molecule has 6 atom stereocenters. The molecule has 3 unspecified atom stereocenters. The van der Waals surface area contributed by atoms with Crippen molar-refractivity contribution in [3.8, 4) is 0 Å². The van der Waals surface area contributed by atoms with Gasteiger partial charge in [0.1, 0.15) is 17.5 Å². The maximum atomic E-state index is 14.5. The molecule has 2 heterocycles. The average Bonchev–Trinajstić information content (AvgIpc) is 3.31. The number of esters is 1. The highest BCUT2D eigenvalue weighted by Crippen LogP contribution is 2.59. The fourth-order valence-electron chi connectivity index (χ4n) is 5.60. The van der Waals surface area contributed by atoms with Gasteiger partial charge < -0.3 is 9.84 Å². The molecule has 1 saturated carbocycles. The van der Waals surface area contributed by atoms with Crippen LogP contribution in [-0.4, -0.2) is 40.6 Å². The van der Waals surface area contributed by atoms with E-state index in [1.807, 2.05) is 6.92 Å². The van der Waals surface area contributed by atoms with E-state index in [0.717, 1.165) is 0 Å². The molecule has 1 aromatic carbocycles. The van der Waals surface area contributed by atoms with Crippen molar-refractivity contribution in [3.63, 3.8) is 0 Å². The van der Waals surface area contributed by atoms with E-state index < -0.39 is 40.4 Å². The average molecular weight is 478 g/mol. The van der Waals surface area contributed by atoms with Crippen LogP contribution < -0.4 is 5.01 Å². The number of carbonyl (C=O) groups excluding carboxylic acids is 2. The maximum absolute atomic E-state index is 14.5. The highest BCUT2D eigenvalue weighted by atomic mass is 79.9. The van der Waals surface area contributed by atoms with Crippen molar-refractivity contribution in [3.05, 3.63) is 40.6 Å². The number of ether oxygens (including phenoxy) is 1. The number of halogens is 2. The highest BCUT2D eigenvalue weighted by molar-refractivity contribution is 9.10. The number of carbonyl (C=O) groups is 2. The summed E-state index contributed by atoms with van der Waals surface area (Å²) in [5.41, 5.74) is -3.82. The van der Waals surface area contributed by atoms with Crippen LogP contribution in [-0.2, 0) is 14.3 Å². The normalized spacial score (nSPS) is 41.9. The van der Waals surface area contributed by atoms with Gasteiger partial charge in [-0.1, -0.05) is 28.1 Å². The van der Waals surface area contributed by atoms with E-state index in [2.05, 4.69) is 26.3 Å². The minimum atomic E-state index is -1.40. The molecule has 2 aliphatic carbocycles. The first kappa shape index (κ1) is 19.8. The van der Waals surface area contributed by atoms with Crippen LogP contribution in [0.1, 0.15) is 26.7 Å².